The standard InChI is InChI=1S/C16H9F3N2O3/c17-16(18,19)9-3-1-8(2-4-9)15(22)14-10-5-12-13(24-7-23-12)6-11(10)20-21-14/h1-6H,7H2,(H,20,21). The molecule has 0 bridgehead atoms. The largest absolute Gasteiger partial charge is 0.454 e. The molecule has 1 aliphatic rings. The predicted molar refractivity (Wildman–Crippen MR) is 77.1 cm³/mol. The molecule has 5 nitrogen and oxygen atoms in total. The molecule has 122 valence electrons. The zero-order valence-corrected chi connectivity index (χ0v) is 12.0. The number of carbonyl (C=O) groups excluding carboxylic acids is 1. The summed E-state index contributed by atoms with van der Waals surface area (Å²) in [4.78, 5) is 12.5. The first kappa shape index (κ1) is 14.6. The molecule has 8 heteroatoms. The molecule has 3 aromatic rings. The first-order chi connectivity index (χ1) is 11.4. The van der Waals surface area contributed by atoms with Gasteiger partial charge in [-0.2, -0.15) is 18.3 Å². The Morgan fingerprint density at radius 3 is 2.42 bits per heavy atom. The lowest BCUT2D eigenvalue weighted by atomic mass is 10.0. The Morgan fingerprint density at radius 1 is 1.08 bits per heavy atom. The smallest absolute Gasteiger partial charge is 0.416 e. The van der Waals surface area contributed by atoms with Gasteiger partial charge >= 0.3 is 6.18 Å². The van der Waals surface area contributed by atoms with Crippen LogP contribution in [0, 0.1) is 0 Å². The average molecular weight is 334 g/mol. The molecule has 0 saturated heterocycles. The summed E-state index contributed by atoms with van der Waals surface area (Å²) in [6, 6.07) is 7.30. The normalized spacial score (nSPS) is 13.5. The molecule has 1 aromatic heterocycles. The quantitative estimate of drug-likeness (QED) is 0.728. The number of nitrogens with zero attached hydrogens (tertiary/aromatic N) is 1. The molecular formula is C16H9F3N2O3. The van der Waals surface area contributed by atoms with Crippen LogP contribution in [0.2, 0.25) is 0 Å². The lowest BCUT2D eigenvalue weighted by Crippen LogP contribution is -2.07. The molecule has 0 fully saturated rings. The van der Waals surface area contributed by atoms with E-state index in [9.17, 15) is 18.0 Å². The fourth-order valence-electron chi connectivity index (χ4n) is 2.53. The first-order valence-corrected chi connectivity index (χ1v) is 6.93. The Labute approximate surface area is 133 Å². The second kappa shape index (κ2) is 4.98. The topological polar surface area (TPSA) is 64.2 Å². The van der Waals surface area contributed by atoms with Gasteiger partial charge in [0, 0.05) is 17.0 Å². The maximum Gasteiger partial charge on any atom is 0.416 e. The maximum absolute atomic E-state index is 12.6. The van der Waals surface area contributed by atoms with Gasteiger partial charge in [0.15, 0.2) is 11.5 Å². The number of fused-ring (bicyclic) bond motifs is 2. The van der Waals surface area contributed by atoms with Gasteiger partial charge in [-0.15, -0.1) is 0 Å². The van der Waals surface area contributed by atoms with E-state index >= 15 is 0 Å². The fraction of sp³-hybridized carbons (Fsp3) is 0.125. The monoisotopic (exact) mass is 334 g/mol. The molecule has 0 atom stereocenters. The van der Waals surface area contributed by atoms with Crippen molar-refractivity contribution in [1.82, 2.24) is 10.2 Å². The van der Waals surface area contributed by atoms with E-state index in [-0.39, 0.29) is 18.1 Å². The van der Waals surface area contributed by atoms with Crippen LogP contribution in [0.4, 0.5) is 13.2 Å². The zero-order valence-electron chi connectivity index (χ0n) is 12.0. The van der Waals surface area contributed by atoms with Crippen molar-refractivity contribution in [2.75, 3.05) is 6.79 Å². The molecule has 0 spiro atoms. The van der Waals surface area contributed by atoms with E-state index in [0.717, 1.165) is 24.3 Å². The molecule has 0 amide bonds. The van der Waals surface area contributed by atoms with Crippen molar-refractivity contribution in [2.45, 2.75) is 6.18 Å². The average Bonchev–Trinajstić information content (AvgIpc) is 3.17. The number of hydrogen-bond acceptors (Lipinski definition) is 4. The van der Waals surface area contributed by atoms with E-state index in [1.165, 1.54) is 0 Å². The van der Waals surface area contributed by atoms with Crippen molar-refractivity contribution in [2.24, 2.45) is 0 Å². The lowest BCUT2D eigenvalue weighted by molar-refractivity contribution is -0.137. The number of nitrogens with one attached hydrogen (secondary N) is 1. The van der Waals surface area contributed by atoms with Crippen LogP contribution in [0.25, 0.3) is 10.9 Å². The summed E-state index contributed by atoms with van der Waals surface area (Å²) in [5.41, 5.74) is 0.000872. The maximum atomic E-state index is 12.6. The van der Waals surface area contributed by atoms with Gasteiger partial charge in [-0.05, 0) is 18.2 Å². The second-order valence-electron chi connectivity index (χ2n) is 5.23. The van der Waals surface area contributed by atoms with Crippen LogP contribution in [0.1, 0.15) is 21.6 Å². The fourth-order valence-corrected chi connectivity index (χ4v) is 2.53. The van der Waals surface area contributed by atoms with E-state index in [1.807, 2.05) is 0 Å². The minimum atomic E-state index is -4.45. The van der Waals surface area contributed by atoms with E-state index in [1.54, 1.807) is 12.1 Å². The van der Waals surface area contributed by atoms with Crippen molar-refractivity contribution in [3.8, 4) is 11.5 Å². The van der Waals surface area contributed by atoms with E-state index in [0.29, 0.717) is 22.4 Å². The molecule has 0 aliphatic carbocycles. The number of aromatic amines is 1. The van der Waals surface area contributed by atoms with Crippen LogP contribution >= 0.6 is 0 Å². The molecular weight excluding hydrogens is 325 g/mol. The highest BCUT2D eigenvalue weighted by atomic mass is 19.4. The molecule has 2 aromatic carbocycles. The van der Waals surface area contributed by atoms with Gasteiger partial charge in [0.1, 0.15) is 5.69 Å². The van der Waals surface area contributed by atoms with Crippen molar-refractivity contribution >= 4 is 16.7 Å². The summed E-state index contributed by atoms with van der Waals surface area (Å²) >= 11 is 0. The molecule has 1 N–H and O–H groups in total. The summed E-state index contributed by atoms with van der Waals surface area (Å²) < 4.78 is 48.3. The number of ketones is 1. The predicted octanol–water partition coefficient (Wildman–Crippen LogP) is 3.54. The number of H-pyrrole nitrogens is 1. The number of hydrogen-bond donors (Lipinski definition) is 1. The summed E-state index contributed by atoms with van der Waals surface area (Å²) in [5.74, 6) is 0.555. The van der Waals surface area contributed by atoms with Crippen LogP contribution in [0.3, 0.4) is 0 Å². The van der Waals surface area contributed by atoms with Crippen molar-refractivity contribution in [1.29, 1.82) is 0 Å². The minimum Gasteiger partial charge on any atom is -0.454 e. The number of benzene rings is 2. The number of halogens is 3. The van der Waals surface area contributed by atoms with Gasteiger partial charge in [-0.3, -0.25) is 9.89 Å². The van der Waals surface area contributed by atoms with Gasteiger partial charge in [0.25, 0.3) is 0 Å². The van der Waals surface area contributed by atoms with Gasteiger partial charge < -0.3 is 9.47 Å². The van der Waals surface area contributed by atoms with Crippen LogP contribution in [0.15, 0.2) is 36.4 Å². The molecule has 24 heavy (non-hydrogen) atoms. The SMILES string of the molecule is O=C(c1ccc(C(F)(F)F)cc1)c1n[nH]c2cc3c(cc12)OCO3. The summed E-state index contributed by atoms with van der Waals surface area (Å²) in [6.07, 6.45) is -4.45. The Bertz CT molecular complexity index is 946. The Hall–Kier alpha value is -3.03. The van der Waals surface area contributed by atoms with Crippen LogP contribution < -0.4 is 9.47 Å². The van der Waals surface area contributed by atoms with Crippen molar-refractivity contribution in [3.63, 3.8) is 0 Å². The number of aromatic nitrogens is 2. The zero-order chi connectivity index (χ0) is 16.9. The van der Waals surface area contributed by atoms with Crippen molar-refractivity contribution < 1.29 is 27.4 Å². The van der Waals surface area contributed by atoms with Gasteiger partial charge in [0.05, 0.1) is 11.1 Å². The van der Waals surface area contributed by atoms with Gasteiger partial charge in [-0.1, -0.05) is 12.1 Å². The van der Waals surface area contributed by atoms with Crippen LogP contribution in [-0.2, 0) is 6.18 Å². The highest BCUT2D eigenvalue weighted by molar-refractivity contribution is 6.15. The van der Waals surface area contributed by atoms with E-state index in [4.69, 9.17) is 9.47 Å². The molecule has 2 heterocycles. The number of alkyl halides is 3. The van der Waals surface area contributed by atoms with Gasteiger partial charge in [0.2, 0.25) is 12.6 Å². The van der Waals surface area contributed by atoms with Crippen LogP contribution in [-0.4, -0.2) is 22.8 Å². The number of rotatable bonds is 2. The third-order valence-corrected chi connectivity index (χ3v) is 3.75. The molecule has 0 saturated carbocycles. The highest BCUT2D eigenvalue weighted by Crippen LogP contribution is 2.37. The lowest BCUT2D eigenvalue weighted by Gasteiger charge is -2.06. The van der Waals surface area contributed by atoms with Crippen LogP contribution in [0.5, 0.6) is 11.5 Å². The minimum absolute atomic E-state index is 0.0948. The molecule has 0 radical (unpaired) electrons. The Morgan fingerprint density at radius 2 is 1.75 bits per heavy atom. The highest BCUT2D eigenvalue weighted by Gasteiger charge is 2.30. The summed E-state index contributed by atoms with van der Waals surface area (Å²) in [7, 11) is 0. The third kappa shape index (κ3) is 2.27. The second-order valence-corrected chi connectivity index (χ2v) is 5.23. The summed E-state index contributed by atoms with van der Waals surface area (Å²) in [5, 5.41) is 7.21. The van der Waals surface area contributed by atoms with Gasteiger partial charge in [-0.25, -0.2) is 0 Å². The molecule has 4 rings (SSSR count). The molecule has 1 aliphatic heterocycles. The summed E-state index contributed by atoms with van der Waals surface area (Å²) in [6.45, 7) is 0.0948. The Balaban J connectivity index is 1.73. The first-order valence-electron chi connectivity index (χ1n) is 6.93. The van der Waals surface area contributed by atoms with E-state index < -0.39 is 17.5 Å². The number of carbonyl (C=O) groups is 1. The third-order valence-electron chi connectivity index (χ3n) is 3.75. The number of ether oxygens (including phenoxy) is 2. The Kier molecular flexibility index (Phi) is 3.02. The van der Waals surface area contributed by atoms with Crippen molar-refractivity contribution in [3.05, 3.63) is 53.2 Å². The molecule has 0 unspecified atom stereocenters. The van der Waals surface area contributed by atoms with E-state index in [2.05, 4.69) is 10.2 Å².